The molecule has 19 heavy (non-hydrogen) atoms. The lowest BCUT2D eigenvalue weighted by molar-refractivity contribution is 0.538. The summed E-state index contributed by atoms with van der Waals surface area (Å²) in [4.78, 5) is 4.44. The van der Waals surface area contributed by atoms with Crippen LogP contribution >= 0.6 is 0 Å². The molecule has 0 spiro atoms. The second-order valence-electron chi connectivity index (χ2n) is 4.61. The van der Waals surface area contributed by atoms with E-state index in [1.807, 2.05) is 44.4 Å². The van der Waals surface area contributed by atoms with Crippen LogP contribution in [0.1, 0.15) is 18.5 Å². The summed E-state index contributed by atoms with van der Waals surface area (Å²) in [5.41, 5.74) is 4.06. The van der Waals surface area contributed by atoms with Gasteiger partial charge in [0.05, 0.1) is 6.54 Å². The number of rotatable bonds is 4. The number of hydrogen-bond acceptors (Lipinski definition) is 3. The molecule has 4 heteroatoms. The van der Waals surface area contributed by atoms with E-state index in [0.717, 1.165) is 35.6 Å². The molecule has 98 valence electrons. The van der Waals surface area contributed by atoms with Crippen molar-refractivity contribution in [2.75, 3.05) is 5.32 Å². The van der Waals surface area contributed by atoms with Crippen LogP contribution in [0.25, 0.3) is 11.1 Å². The third kappa shape index (κ3) is 2.34. The van der Waals surface area contributed by atoms with E-state index in [2.05, 4.69) is 20.9 Å². The van der Waals surface area contributed by atoms with Crippen molar-refractivity contribution in [1.82, 2.24) is 9.55 Å². The molecule has 0 unspecified atom stereocenters. The Kier molecular flexibility index (Phi) is 2.99. The smallest absolute Gasteiger partial charge is 0.195 e. The monoisotopic (exact) mass is 255 g/mol. The van der Waals surface area contributed by atoms with Gasteiger partial charge in [0.25, 0.3) is 0 Å². The van der Waals surface area contributed by atoms with Gasteiger partial charge in [-0.15, -0.1) is 0 Å². The predicted molar refractivity (Wildman–Crippen MR) is 76.1 cm³/mol. The normalized spacial score (nSPS) is 11.1. The Hall–Kier alpha value is -2.23. The van der Waals surface area contributed by atoms with Crippen LogP contribution in [0.4, 0.5) is 5.69 Å². The zero-order chi connectivity index (χ0) is 13.2. The number of fused-ring (bicyclic) bond motifs is 1. The summed E-state index contributed by atoms with van der Waals surface area (Å²) in [5, 5.41) is 3.40. The summed E-state index contributed by atoms with van der Waals surface area (Å²) >= 11 is 0. The maximum absolute atomic E-state index is 5.60. The van der Waals surface area contributed by atoms with Crippen molar-refractivity contribution >= 4 is 16.8 Å². The number of hydrogen-bond donors (Lipinski definition) is 1. The molecule has 0 radical (unpaired) electrons. The van der Waals surface area contributed by atoms with Gasteiger partial charge in [-0.05, 0) is 30.3 Å². The lowest BCUT2D eigenvalue weighted by atomic mass is 10.3. The van der Waals surface area contributed by atoms with Gasteiger partial charge >= 0.3 is 0 Å². The third-order valence-electron chi connectivity index (χ3n) is 3.26. The first kappa shape index (κ1) is 11.8. The van der Waals surface area contributed by atoms with Crippen molar-refractivity contribution in [3.05, 3.63) is 48.1 Å². The number of benzene rings is 1. The van der Waals surface area contributed by atoms with Crippen LogP contribution in [0.3, 0.4) is 0 Å². The van der Waals surface area contributed by atoms with E-state index in [4.69, 9.17) is 4.42 Å². The van der Waals surface area contributed by atoms with Crippen molar-refractivity contribution < 1.29 is 4.42 Å². The Balaban J connectivity index is 1.79. The molecular formula is C15H17N3O. The van der Waals surface area contributed by atoms with Crippen molar-refractivity contribution in [3.63, 3.8) is 0 Å². The minimum absolute atomic E-state index is 0.787. The van der Waals surface area contributed by atoms with Gasteiger partial charge in [0.1, 0.15) is 5.52 Å². The molecule has 0 saturated carbocycles. The molecule has 3 rings (SSSR count). The van der Waals surface area contributed by atoms with Crippen LogP contribution in [0.5, 0.6) is 0 Å². The van der Waals surface area contributed by atoms with Gasteiger partial charge in [0.15, 0.2) is 11.5 Å². The van der Waals surface area contributed by atoms with Crippen LogP contribution < -0.4 is 5.32 Å². The standard InChI is InChI=1S/C15H17N3O/c1-3-15-17-13-9-11(6-7-14(13)19-15)16-10-12-5-4-8-18(12)2/h4-9,16H,3,10H2,1-2H3. The molecule has 0 saturated heterocycles. The molecule has 0 aliphatic rings. The minimum Gasteiger partial charge on any atom is -0.441 e. The number of oxazole rings is 1. The third-order valence-corrected chi connectivity index (χ3v) is 3.26. The quantitative estimate of drug-likeness (QED) is 0.777. The average Bonchev–Trinajstić information content (AvgIpc) is 3.01. The Labute approximate surface area is 112 Å². The molecule has 0 aliphatic heterocycles. The van der Waals surface area contributed by atoms with E-state index < -0.39 is 0 Å². The molecule has 3 aromatic rings. The molecular weight excluding hydrogens is 238 g/mol. The Morgan fingerprint density at radius 3 is 2.95 bits per heavy atom. The van der Waals surface area contributed by atoms with E-state index in [0.29, 0.717) is 0 Å². The molecule has 0 amide bonds. The summed E-state index contributed by atoms with van der Waals surface area (Å²) < 4.78 is 7.71. The molecule has 0 bridgehead atoms. The minimum atomic E-state index is 0.787. The van der Waals surface area contributed by atoms with Crippen LogP contribution in [0.15, 0.2) is 40.9 Å². The van der Waals surface area contributed by atoms with Gasteiger partial charge < -0.3 is 14.3 Å². The Morgan fingerprint density at radius 2 is 2.21 bits per heavy atom. The van der Waals surface area contributed by atoms with Crippen LogP contribution in [-0.4, -0.2) is 9.55 Å². The van der Waals surface area contributed by atoms with Gasteiger partial charge in [0.2, 0.25) is 0 Å². The average molecular weight is 255 g/mol. The highest BCUT2D eigenvalue weighted by atomic mass is 16.3. The van der Waals surface area contributed by atoms with Gasteiger partial charge in [-0.2, -0.15) is 0 Å². The first-order valence-electron chi connectivity index (χ1n) is 6.50. The van der Waals surface area contributed by atoms with Gasteiger partial charge in [-0.3, -0.25) is 0 Å². The van der Waals surface area contributed by atoms with Crippen molar-refractivity contribution in [3.8, 4) is 0 Å². The first-order chi connectivity index (χ1) is 9.26. The number of anilines is 1. The van der Waals surface area contributed by atoms with Crippen molar-refractivity contribution in [1.29, 1.82) is 0 Å². The number of nitrogens with zero attached hydrogens (tertiary/aromatic N) is 2. The predicted octanol–water partition coefficient (Wildman–Crippen LogP) is 3.34. The van der Waals surface area contributed by atoms with Gasteiger partial charge in [-0.25, -0.2) is 4.98 Å². The van der Waals surface area contributed by atoms with Gasteiger partial charge in [-0.1, -0.05) is 6.92 Å². The first-order valence-corrected chi connectivity index (χ1v) is 6.50. The molecule has 0 aliphatic carbocycles. The SMILES string of the molecule is CCc1nc2cc(NCc3cccn3C)ccc2o1. The van der Waals surface area contributed by atoms with Crippen LogP contribution in [0.2, 0.25) is 0 Å². The summed E-state index contributed by atoms with van der Waals surface area (Å²) in [6.45, 7) is 2.84. The van der Waals surface area contributed by atoms with E-state index >= 15 is 0 Å². The topological polar surface area (TPSA) is 43.0 Å². The summed E-state index contributed by atoms with van der Waals surface area (Å²) in [6, 6.07) is 10.2. The Morgan fingerprint density at radius 1 is 1.32 bits per heavy atom. The summed E-state index contributed by atoms with van der Waals surface area (Å²) in [6.07, 6.45) is 2.87. The van der Waals surface area contributed by atoms with Crippen molar-refractivity contribution in [2.24, 2.45) is 7.05 Å². The highest BCUT2D eigenvalue weighted by Gasteiger charge is 2.05. The highest BCUT2D eigenvalue weighted by molar-refractivity contribution is 5.77. The lowest BCUT2D eigenvalue weighted by Gasteiger charge is -2.07. The number of aromatic nitrogens is 2. The molecule has 2 heterocycles. The molecule has 2 aromatic heterocycles. The second-order valence-corrected chi connectivity index (χ2v) is 4.61. The van der Waals surface area contributed by atoms with Gasteiger partial charge in [0, 0.05) is 31.0 Å². The fourth-order valence-electron chi connectivity index (χ4n) is 2.11. The number of aryl methyl sites for hydroxylation is 2. The second kappa shape index (κ2) is 4.80. The largest absolute Gasteiger partial charge is 0.441 e. The zero-order valence-corrected chi connectivity index (χ0v) is 11.2. The van der Waals surface area contributed by atoms with E-state index in [1.165, 1.54) is 5.69 Å². The summed E-state index contributed by atoms with van der Waals surface area (Å²) in [7, 11) is 2.05. The van der Waals surface area contributed by atoms with Crippen LogP contribution in [0, 0.1) is 0 Å². The highest BCUT2D eigenvalue weighted by Crippen LogP contribution is 2.20. The van der Waals surface area contributed by atoms with Crippen LogP contribution in [-0.2, 0) is 20.0 Å². The summed E-state index contributed by atoms with van der Waals surface area (Å²) in [5.74, 6) is 0.787. The molecule has 0 fully saturated rings. The molecule has 1 aromatic carbocycles. The maximum atomic E-state index is 5.60. The fourth-order valence-corrected chi connectivity index (χ4v) is 2.11. The lowest BCUT2D eigenvalue weighted by Crippen LogP contribution is -2.03. The molecule has 4 nitrogen and oxygen atoms in total. The van der Waals surface area contributed by atoms with Crippen molar-refractivity contribution in [2.45, 2.75) is 19.9 Å². The zero-order valence-electron chi connectivity index (χ0n) is 11.2. The van der Waals surface area contributed by atoms with E-state index in [1.54, 1.807) is 0 Å². The molecule has 0 atom stereocenters. The van der Waals surface area contributed by atoms with E-state index in [9.17, 15) is 0 Å². The Bertz CT molecular complexity index is 696. The molecule has 1 N–H and O–H groups in total. The maximum Gasteiger partial charge on any atom is 0.195 e. The number of nitrogens with one attached hydrogen (secondary N) is 1. The van der Waals surface area contributed by atoms with E-state index in [-0.39, 0.29) is 0 Å². The fraction of sp³-hybridized carbons (Fsp3) is 0.267.